The second-order valence-electron chi connectivity index (χ2n) is 6.64. The van der Waals surface area contributed by atoms with Crippen LogP contribution in [0, 0.1) is 0 Å². The number of nitrogens with two attached hydrogens (primary N) is 1. The summed E-state index contributed by atoms with van der Waals surface area (Å²) in [4.78, 5) is 19.3. The van der Waals surface area contributed by atoms with Crippen LogP contribution in [0.4, 0.5) is 5.69 Å². The van der Waals surface area contributed by atoms with E-state index in [2.05, 4.69) is 33.5 Å². The third kappa shape index (κ3) is 3.22. The van der Waals surface area contributed by atoms with E-state index < -0.39 is 0 Å². The fraction of sp³-hybridized carbons (Fsp3) is 0.300. The lowest BCUT2D eigenvalue weighted by atomic mass is 9.90. The smallest absolute Gasteiger partial charge is 0.326 e. The Kier molecular flexibility index (Phi) is 4.48. The summed E-state index contributed by atoms with van der Waals surface area (Å²) < 4.78 is 1.69. The number of aliphatic imine (C=N–C) groups is 1. The molecule has 0 atom stereocenters. The Morgan fingerprint density at radius 3 is 2.92 bits per heavy atom. The summed E-state index contributed by atoms with van der Waals surface area (Å²) in [5.41, 5.74) is 11.5. The maximum Gasteiger partial charge on any atom is 0.326 e. The van der Waals surface area contributed by atoms with Crippen molar-refractivity contribution in [3.63, 3.8) is 0 Å². The Balaban J connectivity index is 1.46. The number of nitrogens with one attached hydrogen (secondary N) is 2. The molecule has 6 nitrogen and oxygen atoms in total. The number of rotatable bonds is 4. The molecule has 1 heterocycles. The first-order valence-electron chi connectivity index (χ1n) is 9.07. The van der Waals surface area contributed by atoms with E-state index in [1.54, 1.807) is 4.57 Å². The van der Waals surface area contributed by atoms with Gasteiger partial charge in [0.25, 0.3) is 0 Å². The van der Waals surface area contributed by atoms with Gasteiger partial charge in [-0.25, -0.2) is 4.79 Å². The topological polar surface area (TPSA) is 88.2 Å². The van der Waals surface area contributed by atoms with Gasteiger partial charge in [0.1, 0.15) is 0 Å². The van der Waals surface area contributed by atoms with Crippen LogP contribution in [-0.4, -0.2) is 22.1 Å². The molecule has 3 aromatic rings. The number of fused-ring (bicyclic) bond motifs is 2. The summed E-state index contributed by atoms with van der Waals surface area (Å²) in [5, 5.41) is 3.23. The van der Waals surface area contributed by atoms with Crippen LogP contribution in [0.15, 0.2) is 52.3 Å². The van der Waals surface area contributed by atoms with Gasteiger partial charge in [0.2, 0.25) is 0 Å². The summed E-state index contributed by atoms with van der Waals surface area (Å²) >= 11 is 0. The molecule has 0 aliphatic heterocycles. The van der Waals surface area contributed by atoms with Crippen molar-refractivity contribution in [3.8, 4) is 0 Å². The molecule has 6 heteroatoms. The maximum atomic E-state index is 12.1. The maximum absolute atomic E-state index is 12.1. The van der Waals surface area contributed by atoms with Gasteiger partial charge in [-0.1, -0.05) is 24.3 Å². The van der Waals surface area contributed by atoms with E-state index >= 15 is 0 Å². The lowest BCUT2D eigenvalue weighted by molar-refractivity contribution is 0.687. The van der Waals surface area contributed by atoms with E-state index in [9.17, 15) is 4.79 Å². The number of anilines is 1. The Morgan fingerprint density at radius 1 is 1.15 bits per heavy atom. The lowest BCUT2D eigenvalue weighted by Crippen LogP contribution is -2.25. The van der Waals surface area contributed by atoms with E-state index in [-0.39, 0.29) is 5.69 Å². The van der Waals surface area contributed by atoms with Crippen molar-refractivity contribution < 1.29 is 0 Å². The van der Waals surface area contributed by atoms with Crippen molar-refractivity contribution in [3.05, 3.63) is 64.1 Å². The van der Waals surface area contributed by atoms with Gasteiger partial charge in [-0.15, -0.1) is 0 Å². The minimum atomic E-state index is -0.120. The molecule has 0 saturated carbocycles. The summed E-state index contributed by atoms with van der Waals surface area (Å²) in [5.74, 6) is 0.386. The minimum Gasteiger partial charge on any atom is -0.370 e. The number of H-pyrrole nitrogens is 1. The van der Waals surface area contributed by atoms with Gasteiger partial charge in [-0.2, -0.15) is 0 Å². The summed E-state index contributed by atoms with van der Waals surface area (Å²) in [6.07, 6.45) is 4.67. The van der Waals surface area contributed by atoms with Crippen LogP contribution < -0.4 is 16.7 Å². The molecule has 1 aromatic heterocycles. The predicted octanol–water partition coefficient (Wildman–Crippen LogP) is 2.64. The molecule has 0 unspecified atom stereocenters. The first-order chi connectivity index (χ1) is 12.7. The number of aryl methyl sites for hydroxylation is 1. The zero-order chi connectivity index (χ0) is 17.9. The second kappa shape index (κ2) is 7.07. The molecule has 0 spiro atoms. The Hall–Kier alpha value is -3.02. The van der Waals surface area contributed by atoms with Crippen LogP contribution in [0.5, 0.6) is 0 Å². The SMILES string of the molecule is NC(=NCCn1c(=O)[nH]c2ccccc21)Nc1cccc2c1CCCC2. The van der Waals surface area contributed by atoms with Crippen LogP contribution in [-0.2, 0) is 19.4 Å². The molecule has 1 aliphatic carbocycles. The van der Waals surface area contributed by atoms with Crippen LogP contribution in [0.1, 0.15) is 24.0 Å². The summed E-state index contributed by atoms with van der Waals surface area (Å²) in [7, 11) is 0. The molecule has 0 bridgehead atoms. The molecule has 26 heavy (non-hydrogen) atoms. The van der Waals surface area contributed by atoms with Crippen LogP contribution >= 0.6 is 0 Å². The van der Waals surface area contributed by atoms with Gasteiger partial charge >= 0.3 is 5.69 Å². The summed E-state index contributed by atoms with van der Waals surface area (Å²) in [6.45, 7) is 0.924. The number of benzene rings is 2. The molecule has 0 saturated heterocycles. The van der Waals surface area contributed by atoms with Gasteiger partial charge < -0.3 is 16.0 Å². The van der Waals surface area contributed by atoms with Crippen LogP contribution in [0.3, 0.4) is 0 Å². The van der Waals surface area contributed by atoms with E-state index in [4.69, 9.17) is 5.73 Å². The molecular weight excluding hydrogens is 326 g/mol. The highest BCUT2D eigenvalue weighted by molar-refractivity contribution is 5.93. The van der Waals surface area contributed by atoms with Crippen molar-refractivity contribution in [2.24, 2.45) is 10.7 Å². The molecule has 2 aromatic carbocycles. The highest BCUT2D eigenvalue weighted by Gasteiger charge is 2.13. The average Bonchev–Trinajstić information content (AvgIpc) is 2.98. The molecule has 4 N–H and O–H groups in total. The third-order valence-corrected chi connectivity index (χ3v) is 4.95. The van der Waals surface area contributed by atoms with Crippen molar-refractivity contribution >= 4 is 22.7 Å². The Bertz CT molecular complexity index is 1010. The normalized spacial score (nSPS) is 14.4. The summed E-state index contributed by atoms with van der Waals surface area (Å²) in [6, 6.07) is 13.9. The molecule has 4 rings (SSSR count). The predicted molar refractivity (Wildman–Crippen MR) is 106 cm³/mol. The number of aromatic amines is 1. The number of guanidine groups is 1. The van der Waals surface area contributed by atoms with E-state index in [0.29, 0.717) is 19.0 Å². The second-order valence-corrected chi connectivity index (χ2v) is 6.64. The van der Waals surface area contributed by atoms with Crippen LogP contribution in [0.25, 0.3) is 11.0 Å². The minimum absolute atomic E-state index is 0.120. The molecular formula is C20H23N5O. The van der Waals surface area contributed by atoms with E-state index in [1.165, 1.54) is 24.0 Å². The number of hydrogen-bond donors (Lipinski definition) is 3. The van der Waals surface area contributed by atoms with Crippen molar-refractivity contribution in [2.45, 2.75) is 32.2 Å². The number of aromatic nitrogens is 2. The van der Waals surface area contributed by atoms with Gasteiger partial charge in [-0.05, 0) is 55.0 Å². The number of imidazole rings is 1. The van der Waals surface area contributed by atoms with Crippen molar-refractivity contribution in [2.75, 3.05) is 11.9 Å². The number of nitrogens with zero attached hydrogens (tertiary/aromatic N) is 2. The molecule has 0 fully saturated rings. The van der Waals surface area contributed by atoms with Crippen LogP contribution in [0.2, 0.25) is 0 Å². The number of para-hydroxylation sites is 2. The first-order valence-corrected chi connectivity index (χ1v) is 9.07. The largest absolute Gasteiger partial charge is 0.370 e. The Labute approximate surface area is 151 Å². The molecule has 1 aliphatic rings. The van der Waals surface area contributed by atoms with Gasteiger partial charge in [0.15, 0.2) is 5.96 Å². The van der Waals surface area contributed by atoms with Crippen molar-refractivity contribution in [1.82, 2.24) is 9.55 Å². The Morgan fingerprint density at radius 2 is 2.00 bits per heavy atom. The fourth-order valence-electron chi connectivity index (χ4n) is 3.68. The first kappa shape index (κ1) is 16.4. The van der Waals surface area contributed by atoms with Gasteiger partial charge in [-0.3, -0.25) is 9.56 Å². The van der Waals surface area contributed by atoms with Crippen molar-refractivity contribution in [1.29, 1.82) is 0 Å². The standard InChI is InChI=1S/C20H23N5O/c21-19(23-16-10-5-7-14-6-1-2-8-15(14)16)22-12-13-25-18-11-4-3-9-17(18)24-20(25)26/h3-5,7,9-11H,1-2,6,8,12-13H2,(H,24,26)(H3,21,22,23). The highest BCUT2D eigenvalue weighted by atomic mass is 16.1. The zero-order valence-electron chi connectivity index (χ0n) is 14.7. The molecule has 134 valence electrons. The zero-order valence-corrected chi connectivity index (χ0v) is 14.7. The lowest BCUT2D eigenvalue weighted by Gasteiger charge is -2.19. The fourth-order valence-corrected chi connectivity index (χ4v) is 3.68. The quantitative estimate of drug-likeness (QED) is 0.500. The van der Waals surface area contributed by atoms with Gasteiger partial charge in [0, 0.05) is 12.2 Å². The molecule has 0 radical (unpaired) electrons. The number of hydrogen-bond acceptors (Lipinski definition) is 2. The van der Waals surface area contributed by atoms with Gasteiger partial charge in [0.05, 0.1) is 17.6 Å². The van der Waals surface area contributed by atoms with E-state index in [1.807, 2.05) is 24.3 Å². The average molecular weight is 349 g/mol. The van der Waals surface area contributed by atoms with E-state index in [0.717, 1.165) is 29.6 Å². The monoisotopic (exact) mass is 349 g/mol. The highest BCUT2D eigenvalue weighted by Crippen LogP contribution is 2.27. The molecule has 0 amide bonds. The third-order valence-electron chi connectivity index (χ3n) is 4.95.